The minimum Gasteiger partial charge on any atom is -0.466 e. The Kier molecular flexibility index (Phi) is 4.67. The Balaban J connectivity index is 1.82. The minimum atomic E-state index is -0.160. The maximum absolute atomic E-state index is 12.3. The van der Waals surface area contributed by atoms with Crippen molar-refractivity contribution in [2.75, 3.05) is 18.5 Å². The van der Waals surface area contributed by atoms with Crippen molar-refractivity contribution in [3.8, 4) is 0 Å². The van der Waals surface area contributed by atoms with Crippen molar-refractivity contribution in [2.24, 2.45) is 5.92 Å². The Bertz CT molecular complexity index is 531. The molecule has 0 aromatic heterocycles. The number of fused-ring (bicyclic) bond motifs is 3. The smallest absolute Gasteiger partial charge is 0.311 e. The van der Waals surface area contributed by atoms with Crippen LogP contribution in [0.2, 0.25) is 0 Å². The summed E-state index contributed by atoms with van der Waals surface area (Å²) in [5.41, 5.74) is 2.46. The molecule has 4 heteroatoms. The third-order valence-electron chi connectivity index (χ3n) is 4.75. The van der Waals surface area contributed by atoms with Crippen LogP contribution >= 0.6 is 0 Å². The van der Waals surface area contributed by atoms with Gasteiger partial charge in [0.1, 0.15) is 0 Å². The van der Waals surface area contributed by atoms with Gasteiger partial charge in [-0.05, 0) is 31.4 Å². The first kappa shape index (κ1) is 15.3. The molecule has 3 rings (SSSR count). The van der Waals surface area contributed by atoms with Gasteiger partial charge in [-0.2, -0.15) is 0 Å². The molecule has 2 unspecified atom stereocenters. The normalized spacial score (nSPS) is 28.8. The van der Waals surface area contributed by atoms with Gasteiger partial charge in [0.15, 0.2) is 0 Å². The molecule has 120 valence electrons. The van der Waals surface area contributed by atoms with Crippen LogP contribution in [0, 0.1) is 5.92 Å². The van der Waals surface area contributed by atoms with Crippen LogP contribution in [-0.4, -0.2) is 31.3 Å². The van der Waals surface area contributed by atoms with Crippen molar-refractivity contribution < 1.29 is 14.3 Å². The lowest BCUT2D eigenvalue weighted by Gasteiger charge is -2.24. The monoisotopic (exact) mass is 303 g/mol. The summed E-state index contributed by atoms with van der Waals surface area (Å²) >= 11 is 0. The fourth-order valence-electron chi connectivity index (χ4n) is 3.76. The zero-order valence-corrected chi connectivity index (χ0v) is 13.4. The lowest BCUT2D eigenvalue weighted by molar-refractivity contribution is -0.152. The number of rotatable bonds is 6. The maximum atomic E-state index is 12.3. The van der Waals surface area contributed by atoms with E-state index >= 15 is 0 Å². The van der Waals surface area contributed by atoms with Crippen LogP contribution in [0.15, 0.2) is 24.3 Å². The zero-order valence-electron chi connectivity index (χ0n) is 13.4. The van der Waals surface area contributed by atoms with Gasteiger partial charge >= 0.3 is 5.97 Å². The van der Waals surface area contributed by atoms with E-state index in [-0.39, 0.29) is 30.0 Å². The summed E-state index contributed by atoms with van der Waals surface area (Å²) in [4.78, 5) is 12.3. The van der Waals surface area contributed by atoms with E-state index in [1.165, 1.54) is 11.3 Å². The Morgan fingerprint density at radius 1 is 1.32 bits per heavy atom. The second-order valence-corrected chi connectivity index (χ2v) is 6.15. The van der Waals surface area contributed by atoms with Crippen molar-refractivity contribution in [2.45, 2.75) is 51.2 Å². The standard InChI is InChI=1S/C18H25NO3/c1-3-5-10-22-17-13(18(20)21-4-2)11-15-16(17)12-8-6-7-9-14(12)19-15/h6-9,13,15-17,19H,3-5,10-11H2,1-2H3/t13?,15-,16-,17?/m1/s1. The molecule has 22 heavy (non-hydrogen) atoms. The third-order valence-corrected chi connectivity index (χ3v) is 4.75. The van der Waals surface area contributed by atoms with Gasteiger partial charge in [0.25, 0.3) is 0 Å². The molecule has 0 amide bonds. The molecular formula is C18H25NO3. The molecule has 0 saturated heterocycles. The predicted molar refractivity (Wildman–Crippen MR) is 86.0 cm³/mol. The van der Waals surface area contributed by atoms with E-state index in [1.54, 1.807) is 0 Å². The summed E-state index contributed by atoms with van der Waals surface area (Å²) < 4.78 is 11.4. The van der Waals surface area contributed by atoms with Gasteiger partial charge in [-0.25, -0.2) is 0 Å². The highest BCUT2D eigenvalue weighted by atomic mass is 16.5. The first-order valence-electron chi connectivity index (χ1n) is 8.40. The highest BCUT2D eigenvalue weighted by Crippen LogP contribution is 2.49. The number of hydrogen-bond donors (Lipinski definition) is 1. The molecular weight excluding hydrogens is 278 g/mol. The SMILES string of the molecule is CCCCOC1C(C(=O)OCC)C[C@H]2Nc3ccccc3[C@@H]12. The number of benzene rings is 1. The van der Waals surface area contributed by atoms with E-state index in [1.807, 2.05) is 13.0 Å². The highest BCUT2D eigenvalue weighted by molar-refractivity contribution is 5.75. The number of para-hydroxylation sites is 1. The number of nitrogens with one attached hydrogen (secondary N) is 1. The van der Waals surface area contributed by atoms with Crippen molar-refractivity contribution in [1.29, 1.82) is 0 Å². The number of unbranched alkanes of at least 4 members (excludes halogenated alkanes) is 1. The number of ether oxygens (including phenoxy) is 2. The molecule has 0 radical (unpaired) electrons. The number of hydrogen-bond acceptors (Lipinski definition) is 4. The van der Waals surface area contributed by atoms with E-state index in [9.17, 15) is 4.79 Å². The quantitative estimate of drug-likeness (QED) is 0.647. The summed E-state index contributed by atoms with van der Waals surface area (Å²) in [6, 6.07) is 8.64. The van der Waals surface area contributed by atoms with Gasteiger partial charge in [-0.3, -0.25) is 4.79 Å². The molecule has 4 nitrogen and oxygen atoms in total. The fourth-order valence-corrected chi connectivity index (χ4v) is 3.76. The van der Waals surface area contributed by atoms with Gasteiger partial charge < -0.3 is 14.8 Å². The van der Waals surface area contributed by atoms with Crippen molar-refractivity contribution >= 4 is 11.7 Å². The number of carbonyl (C=O) groups excluding carboxylic acids is 1. The fraction of sp³-hybridized carbons (Fsp3) is 0.611. The second kappa shape index (κ2) is 6.69. The van der Waals surface area contributed by atoms with Gasteiger partial charge in [0, 0.05) is 24.3 Å². The first-order valence-corrected chi connectivity index (χ1v) is 8.40. The molecule has 0 bridgehead atoms. The van der Waals surface area contributed by atoms with Crippen LogP contribution in [0.1, 0.15) is 44.6 Å². The Morgan fingerprint density at radius 3 is 2.91 bits per heavy atom. The first-order chi connectivity index (χ1) is 10.8. The molecule has 1 saturated carbocycles. The molecule has 0 spiro atoms. The lowest BCUT2D eigenvalue weighted by Crippen LogP contribution is -2.31. The second-order valence-electron chi connectivity index (χ2n) is 6.15. The predicted octanol–water partition coefficient (Wildman–Crippen LogP) is 3.33. The van der Waals surface area contributed by atoms with E-state index < -0.39 is 0 Å². The summed E-state index contributed by atoms with van der Waals surface area (Å²) in [6.45, 7) is 5.14. The highest BCUT2D eigenvalue weighted by Gasteiger charge is 2.51. The van der Waals surface area contributed by atoms with Crippen molar-refractivity contribution in [1.82, 2.24) is 0 Å². The molecule has 4 atom stereocenters. The largest absolute Gasteiger partial charge is 0.466 e. The molecule has 1 fully saturated rings. The number of esters is 1. The molecule has 1 aromatic rings. The van der Waals surface area contributed by atoms with Gasteiger partial charge in [-0.1, -0.05) is 31.5 Å². The van der Waals surface area contributed by atoms with Crippen LogP contribution in [-0.2, 0) is 14.3 Å². The Labute approximate surface area is 132 Å². The zero-order chi connectivity index (χ0) is 15.5. The van der Waals surface area contributed by atoms with Gasteiger partial charge in [0.05, 0.1) is 18.6 Å². The minimum absolute atomic E-state index is 0.0771. The summed E-state index contributed by atoms with van der Waals surface area (Å²) in [5.74, 6) is -0.0206. The van der Waals surface area contributed by atoms with Crippen molar-refractivity contribution in [3.05, 3.63) is 29.8 Å². The summed E-state index contributed by atoms with van der Waals surface area (Å²) in [6.07, 6.45) is 2.83. The van der Waals surface area contributed by atoms with Crippen molar-refractivity contribution in [3.63, 3.8) is 0 Å². The molecule has 1 aliphatic heterocycles. The van der Waals surface area contributed by atoms with Crippen LogP contribution in [0.4, 0.5) is 5.69 Å². The Morgan fingerprint density at radius 2 is 2.14 bits per heavy atom. The van der Waals surface area contributed by atoms with Crippen LogP contribution < -0.4 is 5.32 Å². The average molecular weight is 303 g/mol. The summed E-state index contributed by atoms with van der Waals surface area (Å²) in [7, 11) is 0. The molecule has 2 aliphatic rings. The van der Waals surface area contributed by atoms with E-state index in [0.717, 1.165) is 19.3 Å². The number of carbonyl (C=O) groups is 1. The Hall–Kier alpha value is -1.55. The lowest BCUT2D eigenvalue weighted by atomic mass is 9.93. The van der Waals surface area contributed by atoms with Crippen LogP contribution in [0.3, 0.4) is 0 Å². The number of anilines is 1. The summed E-state index contributed by atoms with van der Waals surface area (Å²) in [5, 5.41) is 3.56. The van der Waals surface area contributed by atoms with Crippen LogP contribution in [0.25, 0.3) is 0 Å². The van der Waals surface area contributed by atoms with E-state index in [2.05, 4.69) is 30.4 Å². The molecule has 1 heterocycles. The topological polar surface area (TPSA) is 47.6 Å². The van der Waals surface area contributed by atoms with E-state index in [4.69, 9.17) is 9.47 Å². The molecule has 1 N–H and O–H groups in total. The molecule has 1 aromatic carbocycles. The van der Waals surface area contributed by atoms with Gasteiger partial charge in [-0.15, -0.1) is 0 Å². The maximum Gasteiger partial charge on any atom is 0.311 e. The molecule has 1 aliphatic carbocycles. The average Bonchev–Trinajstić information content (AvgIpc) is 3.04. The van der Waals surface area contributed by atoms with Crippen LogP contribution in [0.5, 0.6) is 0 Å². The van der Waals surface area contributed by atoms with E-state index in [0.29, 0.717) is 13.2 Å². The third kappa shape index (κ3) is 2.72. The van der Waals surface area contributed by atoms with Gasteiger partial charge in [0.2, 0.25) is 0 Å².